The fourth-order valence-corrected chi connectivity index (χ4v) is 3.44. The van der Waals surface area contributed by atoms with E-state index in [2.05, 4.69) is 10.3 Å². The maximum absolute atomic E-state index is 13.6. The van der Waals surface area contributed by atoms with Crippen LogP contribution in [0, 0.1) is 5.82 Å². The lowest BCUT2D eigenvalue weighted by Gasteiger charge is -2.16. The summed E-state index contributed by atoms with van der Waals surface area (Å²) < 4.78 is 60.8. The van der Waals surface area contributed by atoms with Crippen LogP contribution >= 0.6 is 0 Å². The van der Waals surface area contributed by atoms with E-state index in [1.54, 1.807) is 24.3 Å². The Morgan fingerprint density at radius 1 is 1.09 bits per heavy atom. The highest BCUT2D eigenvalue weighted by Crippen LogP contribution is 2.34. The number of carboxylic acids is 1. The van der Waals surface area contributed by atoms with Gasteiger partial charge in [0.2, 0.25) is 5.95 Å². The number of anilines is 2. The van der Waals surface area contributed by atoms with E-state index in [1.807, 2.05) is 0 Å². The van der Waals surface area contributed by atoms with Crippen molar-refractivity contribution in [2.45, 2.75) is 12.7 Å². The van der Waals surface area contributed by atoms with Gasteiger partial charge in [-0.05, 0) is 60.2 Å². The Morgan fingerprint density at radius 2 is 1.82 bits per heavy atom. The van der Waals surface area contributed by atoms with Gasteiger partial charge >= 0.3 is 12.1 Å². The van der Waals surface area contributed by atoms with Gasteiger partial charge in [0.05, 0.1) is 35.8 Å². The third-order valence-electron chi connectivity index (χ3n) is 5.05. The van der Waals surface area contributed by atoms with Crippen molar-refractivity contribution in [3.8, 4) is 5.75 Å². The molecule has 4 rings (SSSR count). The average Bonchev–Trinajstić information content (AvgIpc) is 3.10. The first-order chi connectivity index (χ1) is 15.7. The minimum absolute atomic E-state index is 0.0130. The molecule has 0 radical (unpaired) electrons. The quantitative estimate of drug-likeness (QED) is 0.362. The number of carbonyl (C=O) groups is 1. The molecule has 0 aliphatic carbocycles. The number of rotatable bonds is 6. The monoisotopic (exact) mass is 459 g/mol. The molecule has 170 valence electrons. The van der Waals surface area contributed by atoms with E-state index in [0.717, 1.165) is 12.1 Å². The van der Waals surface area contributed by atoms with Crippen LogP contribution in [0.2, 0.25) is 0 Å². The minimum Gasteiger partial charge on any atom is -0.497 e. The van der Waals surface area contributed by atoms with Crippen molar-refractivity contribution >= 4 is 28.6 Å². The molecule has 0 bridgehead atoms. The van der Waals surface area contributed by atoms with E-state index >= 15 is 0 Å². The molecule has 33 heavy (non-hydrogen) atoms. The third kappa shape index (κ3) is 4.59. The lowest BCUT2D eigenvalue weighted by atomic mass is 10.1. The molecule has 1 heterocycles. The number of nitrogens with one attached hydrogen (secondary N) is 1. The summed E-state index contributed by atoms with van der Waals surface area (Å²) in [5.74, 6) is -1.35. The number of fused-ring (bicyclic) bond motifs is 1. The molecule has 0 unspecified atom stereocenters. The second kappa shape index (κ2) is 8.45. The predicted octanol–water partition coefficient (Wildman–Crippen LogP) is 5.69. The number of ether oxygens (including phenoxy) is 1. The van der Waals surface area contributed by atoms with E-state index < -0.39 is 23.5 Å². The van der Waals surface area contributed by atoms with E-state index in [4.69, 9.17) is 4.74 Å². The summed E-state index contributed by atoms with van der Waals surface area (Å²) in [5, 5.41) is 12.3. The Balaban J connectivity index is 1.83. The molecular weight excluding hydrogens is 442 g/mol. The molecule has 10 heteroatoms. The Morgan fingerprint density at radius 3 is 2.45 bits per heavy atom. The first kappa shape index (κ1) is 22.1. The highest BCUT2D eigenvalue weighted by atomic mass is 19.4. The zero-order chi connectivity index (χ0) is 23.8. The third-order valence-corrected chi connectivity index (χ3v) is 5.05. The maximum Gasteiger partial charge on any atom is 0.416 e. The molecule has 0 saturated carbocycles. The molecule has 0 saturated heterocycles. The van der Waals surface area contributed by atoms with Crippen molar-refractivity contribution < 1.29 is 32.2 Å². The molecule has 0 spiro atoms. The maximum atomic E-state index is 13.6. The molecule has 6 nitrogen and oxygen atoms in total. The van der Waals surface area contributed by atoms with Crippen LogP contribution in [0.5, 0.6) is 5.75 Å². The summed E-state index contributed by atoms with van der Waals surface area (Å²) in [6.07, 6.45) is -4.76. The van der Waals surface area contributed by atoms with Crippen molar-refractivity contribution in [2.24, 2.45) is 0 Å². The number of carboxylic acid groups (broad SMARTS) is 1. The summed E-state index contributed by atoms with van der Waals surface area (Å²) >= 11 is 0. The van der Waals surface area contributed by atoms with Gasteiger partial charge in [0.15, 0.2) is 0 Å². The first-order valence-electron chi connectivity index (χ1n) is 9.66. The molecule has 3 aromatic carbocycles. The number of aromatic carboxylic acids is 1. The number of benzene rings is 3. The molecule has 0 amide bonds. The van der Waals surface area contributed by atoms with Crippen molar-refractivity contribution in [3.63, 3.8) is 0 Å². The Hall–Kier alpha value is -4.08. The lowest BCUT2D eigenvalue weighted by Crippen LogP contribution is -2.13. The van der Waals surface area contributed by atoms with Gasteiger partial charge in [-0.3, -0.25) is 0 Å². The van der Waals surface area contributed by atoms with Crippen LogP contribution in [0.1, 0.15) is 21.5 Å². The van der Waals surface area contributed by atoms with Gasteiger partial charge < -0.3 is 19.7 Å². The van der Waals surface area contributed by atoms with Crippen LogP contribution in [-0.4, -0.2) is 27.7 Å². The molecular formula is C23H17F4N3O3. The molecule has 4 aromatic rings. The summed E-state index contributed by atoms with van der Waals surface area (Å²) in [4.78, 5) is 15.7. The Labute approximate surface area is 185 Å². The lowest BCUT2D eigenvalue weighted by molar-refractivity contribution is -0.138. The average molecular weight is 459 g/mol. The van der Waals surface area contributed by atoms with Crippen molar-refractivity contribution in [2.75, 3.05) is 12.4 Å². The number of alkyl halides is 3. The SMILES string of the molecule is COc1ccc(Nc2nc3cc(C(=O)O)ccc3n2Cc2ccc(F)cc2C(F)(F)F)cc1. The van der Waals surface area contributed by atoms with Crippen LogP contribution in [0.3, 0.4) is 0 Å². The molecule has 0 aliphatic rings. The number of imidazole rings is 1. The highest BCUT2D eigenvalue weighted by Gasteiger charge is 2.34. The topological polar surface area (TPSA) is 76.4 Å². The largest absolute Gasteiger partial charge is 0.497 e. The summed E-state index contributed by atoms with van der Waals surface area (Å²) in [6.45, 7) is -0.281. The summed E-state index contributed by atoms with van der Waals surface area (Å²) in [5.41, 5.74) is 0.00196. The van der Waals surface area contributed by atoms with E-state index in [0.29, 0.717) is 23.0 Å². The van der Waals surface area contributed by atoms with Crippen molar-refractivity contribution in [1.29, 1.82) is 0 Å². The van der Waals surface area contributed by atoms with Crippen LogP contribution < -0.4 is 10.1 Å². The van der Waals surface area contributed by atoms with Gasteiger partial charge in [0.25, 0.3) is 0 Å². The number of hydrogen-bond donors (Lipinski definition) is 2. The number of hydrogen-bond acceptors (Lipinski definition) is 4. The van der Waals surface area contributed by atoms with Crippen LogP contribution in [0.15, 0.2) is 60.7 Å². The van der Waals surface area contributed by atoms with Crippen LogP contribution in [-0.2, 0) is 12.7 Å². The number of nitrogens with zero attached hydrogens (tertiary/aromatic N) is 2. The highest BCUT2D eigenvalue weighted by molar-refractivity contribution is 5.93. The van der Waals surface area contributed by atoms with Gasteiger partial charge in [0.1, 0.15) is 11.6 Å². The fourth-order valence-electron chi connectivity index (χ4n) is 3.44. The van der Waals surface area contributed by atoms with Crippen LogP contribution in [0.25, 0.3) is 11.0 Å². The second-order valence-corrected chi connectivity index (χ2v) is 7.18. The predicted molar refractivity (Wildman–Crippen MR) is 113 cm³/mol. The Kier molecular flexibility index (Phi) is 5.67. The van der Waals surface area contributed by atoms with Gasteiger partial charge in [0, 0.05) is 5.69 Å². The summed E-state index contributed by atoms with van der Waals surface area (Å²) in [7, 11) is 1.52. The Bertz CT molecular complexity index is 1330. The number of methoxy groups -OCH3 is 1. The molecule has 2 N–H and O–H groups in total. The van der Waals surface area contributed by atoms with Crippen molar-refractivity contribution in [1.82, 2.24) is 9.55 Å². The second-order valence-electron chi connectivity index (χ2n) is 7.18. The minimum atomic E-state index is -4.76. The standard InChI is InChI=1S/C23H17F4N3O3/c1-33-17-7-5-16(6-8-17)28-22-29-19-10-13(21(31)32)3-9-20(19)30(22)12-14-2-4-15(24)11-18(14)23(25,26)27/h2-11H,12H2,1H3,(H,28,29)(H,31,32). The molecule has 1 aromatic heterocycles. The number of halogens is 4. The van der Waals surface area contributed by atoms with Crippen molar-refractivity contribution in [3.05, 3.63) is 83.2 Å². The van der Waals surface area contributed by atoms with Gasteiger partial charge in [-0.1, -0.05) is 6.07 Å². The molecule has 0 aliphatic heterocycles. The van der Waals surface area contributed by atoms with Crippen LogP contribution in [0.4, 0.5) is 29.2 Å². The summed E-state index contributed by atoms with van der Waals surface area (Å²) in [6, 6.07) is 13.4. The first-order valence-corrected chi connectivity index (χ1v) is 9.66. The number of aromatic nitrogens is 2. The zero-order valence-electron chi connectivity index (χ0n) is 17.2. The van der Waals surface area contributed by atoms with E-state index in [9.17, 15) is 27.5 Å². The smallest absolute Gasteiger partial charge is 0.416 e. The van der Waals surface area contributed by atoms with E-state index in [-0.39, 0.29) is 29.1 Å². The normalized spacial score (nSPS) is 11.5. The van der Waals surface area contributed by atoms with E-state index in [1.165, 1.54) is 29.9 Å². The van der Waals surface area contributed by atoms with Gasteiger partial charge in [-0.2, -0.15) is 13.2 Å². The zero-order valence-corrected chi connectivity index (χ0v) is 17.2. The molecule has 0 fully saturated rings. The van der Waals surface area contributed by atoms with Gasteiger partial charge in [-0.25, -0.2) is 14.2 Å². The molecule has 0 atom stereocenters. The fraction of sp³-hybridized carbons (Fsp3) is 0.130. The van der Waals surface area contributed by atoms with Gasteiger partial charge in [-0.15, -0.1) is 0 Å².